The topological polar surface area (TPSA) is 57.9 Å². The minimum absolute atomic E-state index is 0.465. The number of para-hydroxylation sites is 1. The molecular weight excluding hydrogens is 212 g/mol. The van der Waals surface area contributed by atoms with E-state index >= 15 is 0 Å². The van der Waals surface area contributed by atoms with E-state index in [1.807, 2.05) is 6.20 Å². The van der Waals surface area contributed by atoms with Crippen LogP contribution in [0.15, 0.2) is 24.4 Å². The van der Waals surface area contributed by atoms with E-state index in [0.29, 0.717) is 12.0 Å². The fourth-order valence-electron chi connectivity index (χ4n) is 2.91. The molecule has 0 saturated carbocycles. The molecule has 1 aromatic carbocycles. The first-order valence-electron chi connectivity index (χ1n) is 6.12. The van der Waals surface area contributed by atoms with Gasteiger partial charge in [-0.25, -0.2) is 0 Å². The third kappa shape index (κ3) is 1.73. The van der Waals surface area contributed by atoms with E-state index in [4.69, 9.17) is 5.73 Å². The molecule has 1 saturated heterocycles. The lowest BCUT2D eigenvalue weighted by Gasteiger charge is -2.20. The predicted octanol–water partition coefficient (Wildman–Crippen LogP) is 1.51. The Morgan fingerprint density at radius 1 is 1.53 bits per heavy atom. The maximum atomic E-state index is 5.78. The third-order valence-corrected chi connectivity index (χ3v) is 3.84. The minimum Gasteiger partial charge on any atom is -0.330 e. The molecule has 0 amide bonds. The van der Waals surface area contributed by atoms with Gasteiger partial charge in [-0.1, -0.05) is 18.2 Å². The van der Waals surface area contributed by atoms with Crippen molar-refractivity contribution in [2.75, 3.05) is 20.1 Å². The molecular formula is C13H18N4. The molecule has 2 heterocycles. The fraction of sp³-hybridized carbons (Fsp3) is 0.462. The molecule has 1 fully saturated rings. The largest absolute Gasteiger partial charge is 0.330 e. The first-order valence-corrected chi connectivity index (χ1v) is 6.12. The number of nitrogens with two attached hydrogens (primary N) is 1. The zero-order chi connectivity index (χ0) is 11.8. The molecule has 2 unspecified atom stereocenters. The molecule has 2 atom stereocenters. The van der Waals surface area contributed by atoms with Crippen LogP contribution in [0, 0.1) is 5.92 Å². The Bertz CT molecular complexity index is 519. The Hall–Kier alpha value is -1.39. The van der Waals surface area contributed by atoms with Crippen LogP contribution >= 0.6 is 0 Å². The molecule has 3 rings (SSSR count). The maximum Gasteiger partial charge on any atom is 0.0698 e. The number of aromatic nitrogens is 2. The first-order chi connectivity index (χ1) is 8.29. The van der Waals surface area contributed by atoms with Gasteiger partial charge in [-0.3, -0.25) is 10.00 Å². The Balaban J connectivity index is 2.01. The van der Waals surface area contributed by atoms with E-state index in [1.54, 1.807) is 0 Å². The van der Waals surface area contributed by atoms with Gasteiger partial charge in [-0.2, -0.15) is 5.10 Å². The summed E-state index contributed by atoms with van der Waals surface area (Å²) in [6.45, 7) is 1.87. The number of nitrogens with zero attached hydrogens (tertiary/aromatic N) is 2. The molecule has 90 valence electrons. The predicted molar refractivity (Wildman–Crippen MR) is 68.6 cm³/mol. The van der Waals surface area contributed by atoms with E-state index in [9.17, 15) is 0 Å². The van der Waals surface area contributed by atoms with Gasteiger partial charge in [0, 0.05) is 18.0 Å². The molecule has 0 radical (unpaired) electrons. The van der Waals surface area contributed by atoms with E-state index in [1.165, 1.54) is 16.5 Å². The second kappa shape index (κ2) is 4.13. The molecule has 1 aliphatic heterocycles. The Labute approximate surface area is 101 Å². The van der Waals surface area contributed by atoms with Crippen LogP contribution in [-0.2, 0) is 0 Å². The molecule has 2 aromatic rings. The zero-order valence-corrected chi connectivity index (χ0v) is 10.1. The van der Waals surface area contributed by atoms with E-state index < -0.39 is 0 Å². The van der Waals surface area contributed by atoms with Crippen molar-refractivity contribution < 1.29 is 0 Å². The van der Waals surface area contributed by atoms with Gasteiger partial charge in [0.15, 0.2) is 0 Å². The van der Waals surface area contributed by atoms with Crippen molar-refractivity contribution in [1.29, 1.82) is 0 Å². The van der Waals surface area contributed by atoms with Crippen molar-refractivity contribution in [1.82, 2.24) is 15.1 Å². The van der Waals surface area contributed by atoms with Crippen molar-refractivity contribution in [2.24, 2.45) is 11.7 Å². The SMILES string of the molecule is CN1CC(CN)CC1c1cccc2cn[nH]c12. The average molecular weight is 230 g/mol. The number of likely N-dealkylation sites (tertiary alicyclic amines) is 1. The molecule has 4 heteroatoms. The van der Waals surface area contributed by atoms with Crippen molar-refractivity contribution in [3.63, 3.8) is 0 Å². The van der Waals surface area contributed by atoms with Crippen LogP contribution in [0.1, 0.15) is 18.0 Å². The van der Waals surface area contributed by atoms with Gasteiger partial charge in [0.25, 0.3) is 0 Å². The summed E-state index contributed by atoms with van der Waals surface area (Å²) >= 11 is 0. The van der Waals surface area contributed by atoms with Gasteiger partial charge in [-0.05, 0) is 31.5 Å². The number of H-pyrrole nitrogens is 1. The molecule has 0 bridgehead atoms. The summed E-state index contributed by atoms with van der Waals surface area (Å²) in [5.41, 5.74) is 8.30. The number of hydrogen-bond acceptors (Lipinski definition) is 3. The van der Waals surface area contributed by atoms with Crippen LogP contribution in [0.2, 0.25) is 0 Å². The standard InChI is InChI=1S/C13H18N4/c1-17-8-9(6-14)5-12(17)11-4-2-3-10-7-15-16-13(10)11/h2-4,7,9,12H,5-6,8,14H2,1H3,(H,15,16). The molecule has 17 heavy (non-hydrogen) atoms. The van der Waals surface area contributed by atoms with Crippen LogP contribution in [0.4, 0.5) is 0 Å². The third-order valence-electron chi connectivity index (χ3n) is 3.84. The molecule has 1 aliphatic rings. The average Bonchev–Trinajstić information content (AvgIpc) is 2.94. The highest BCUT2D eigenvalue weighted by Gasteiger charge is 2.30. The molecule has 4 nitrogen and oxygen atoms in total. The highest BCUT2D eigenvalue weighted by molar-refractivity contribution is 5.81. The van der Waals surface area contributed by atoms with Crippen molar-refractivity contribution >= 4 is 10.9 Å². The van der Waals surface area contributed by atoms with Gasteiger partial charge >= 0.3 is 0 Å². The number of nitrogens with one attached hydrogen (secondary N) is 1. The van der Waals surface area contributed by atoms with Crippen LogP contribution in [0.5, 0.6) is 0 Å². The lowest BCUT2D eigenvalue weighted by atomic mass is 9.98. The second-order valence-corrected chi connectivity index (χ2v) is 4.97. The van der Waals surface area contributed by atoms with Crippen molar-refractivity contribution in [3.8, 4) is 0 Å². The van der Waals surface area contributed by atoms with E-state index in [2.05, 4.69) is 40.3 Å². The number of fused-ring (bicyclic) bond motifs is 1. The van der Waals surface area contributed by atoms with Crippen molar-refractivity contribution in [2.45, 2.75) is 12.5 Å². The summed E-state index contributed by atoms with van der Waals surface area (Å²) in [4.78, 5) is 2.40. The van der Waals surface area contributed by atoms with E-state index in [0.717, 1.165) is 19.5 Å². The smallest absolute Gasteiger partial charge is 0.0698 e. The summed E-state index contributed by atoms with van der Waals surface area (Å²) in [7, 11) is 2.18. The monoisotopic (exact) mass is 230 g/mol. The molecule has 1 aromatic heterocycles. The van der Waals surface area contributed by atoms with Gasteiger partial charge in [0.2, 0.25) is 0 Å². The quantitative estimate of drug-likeness (QED) is 0.822. The van der Waals surface area contributed by atoms with Gasteiger partial charge < -0.3 is 5.73 Å². The number of aromatic amines is 1. The van der Waals surface area contributed by atoms with Crippen molar-refractivity contribution in [3.05, 3.63) is 30.0 Å². The summed E-state index contributed by atoms with van der Waals surface area (Å²) in [5.74, 6) is 0.614. The molecule has 3 N–H and O–H groups in total. The zero-order valence-electron chi connectivity index (χ0n) is 10.1. The highest BCUT2D eigenvalue weighted by Crippen LogP contribution is 2.36. The van der Waals surface area contributed by atoms with Crippen LogP contribution in [0.25, 0.3) is 10.9 Å². The van der Waals surface area contributed by atoms with Gasteiger partial charge in [0.1, 0.15) is 0 Å². The number of hydrogen-bond donors (Lipinski definition) is 2. The summed E-state index contributed by atoms with van der Waals surface area (Å²) in [5, 5.41) is 8.43. The maximum absolute atomic E-state index is 5.78. The summed E-state index contributed by atoms with van der Waals surface area (Å²) in [6, 6.07) is 6.86. The lowest BCUT2D eigenvalue weighted by molar-refractivity contribution is 0.315. The normalized spacial score (nSPS) is 25.8. The first kappa shape index (κ1) is 10.7. The number of benzene rings is 1. The van der Waals surface area contributed by atoms with E-state index in [-0.39, 0.29) is 0 Å². The summed E-state index contributed by atoms with van der Waals surface area (Å²) in [6.07, 6.45) is 3.03. The Morgan fingerprint density at radius 2 is 2.41 bits per heavy atom. The number of rotatable bonds is 2. The Morgan fingerprint density at radius 3 is 3.18 bits per heavy atom. The van der Waals surface area contributed by atoms with Crippen LogP contribution in [0.3, 0.4) is 0 Å². The summed E-state index contributed by atoms with van der Waals surface area (Å²) < 4.78 is 0. The minimum atomic E-state index is 0.465. The lowest BCUT2D eigenvalue weighted by Crippen LogP contribution is -2.20. The fourth-order valence-corrected chi connectivity index (χ4v) is 2.91. The van der Waals surface area contributed by atoms with Crippen LogP contribution < -0.4 is 5.73 Å². The Kier molecular flexibility index (Phi) is 2.61. The second-order valence-electron chi connectivity index (χ2n) is 4.97. The van der Waals surface area contributed by atoms with Crippen LogP contribution in [-0.4, -0.2) is 35.2 Å². The van der Waals surface area contributed by atoms with Gasteiger partial charge in [-0.15, -0.1) is 0 Å². The molecule has 0 aliphatic carbocycles. The molecule has 0 spiro atoms. The van der Waals surface area contributed by atoms with Gasteiger partial charge in [0.05, 0.1) is 11.7 Å². The highest BCUT2D eigenvalue weighted by atomic mass is 15.2.